The molecule has 0 aliphatic rings. The molecule has 0 aliphatic carbocycles. The first kappa shape index (κ1) is 63.2. The van der Waals surface area contributed by atoms with Crippen LogP contribution in [0.2, 0.25) is 10.0 Å². The van der Waals surface area contributed by atoms with Gasteiger partial charge in [0.2, 0.25) is 0 Å². The number of benzene rings is 8. The number of hydrogen-bond acceptors (Lipinski definition) is 4. The van der Waals surface area contributed by atoms with Crippen LogP contribution in [0.3, 0.4) is 0 Å². The van der Waals surface area contributed by atoms with E-state index in [4.69, 9.17) is 32.7 Å². The number of aromatic hydroxyl groups is 2. The number of phenolic OH excluding ortho intramolecular Hbond substituents is 2. The second-order valence-corrected chi connectivity index (χ2v) is 32.7. The first-order chi connectivity index (χ1) is 40.2. The van der Waals surface area contributed by atoms with E-state index in [1.165, 1.54) is 22.3 Å². The van der Waals surface area contributed by atoms with Crippen LogP contribution in [-0.2, 0) is 32.5 Å². The first-order valence-corrected chi connectivity index (χ1v) is 31.8. The van der Waals surface area contributed by atoms with Crippen molar-refractivity contribution in [2.45, 2.75) is 178 Å². The summed E-state index contributed by atoms with van der Waals surface area (Å²) < 4.78 is 18.5. The third-order valence-corrected chi connectivity index (χ3v) is 18.4. The van der Waals surface area contributed by atoms with E-state index < -0.39 is 0 Å². The molecule has 10 aromatic rings. The molecule has 10 rings (SSSR count). The van der Waals surface area contributed by atoms with Gasteiger partial charge < -0.3 is 28.8 Å². The second-order valence-electron chi connectivity index (χ2n) is 31.8. The van der Waals surface area contributed by atoms with E-state index >= 15 is 0 Å². The Bertz CT molecular complexity index is 3900. The third-order valence-electron chi connectivity index (χ3n) is 18.0. The van der Waals surface area contributed by atoms with Crippen LogP contribution in [0, 0.1) is 11.3 Å². The molecule has 0 unspecified atom stereocenters. The Morgan fingerprint density at radius 2 is 0.609 bits per heavy atom. The number of halogens is 2. The molecule has 0 aliphatic heterocycles. The maximum atomic E-state index is 13.0. The molecule has 2 aromatic heterocycles. The summed E-state index contributed by atoms with van der Waals surface area (Å²) in [5.74, 6) is 1.28. The SMILES string of the molecule is CC(C)(C)c1cc(-c2cc(Cl)ccc2OCC(COc2ccc(Cl)cc2-c2cc(C(C)(C)C)cc(-n3c4ccc(C(C)(C)C)cc4c4cc(C(C)(C)C)ccc43)c2O)C(C)(C)C)c(O)c(-n2c3ccc(C(C)(C)C)cc3c3cc(C(C)(C)C)ccc32)c1. The summed E-state index contributed by atoms with van der Waals surface area (Å²) in [7, 11) is 0. The Morgan fingerprint density at radius 1 is 0.333 bits per heavy atom. The number of hydrogen-bond donors (Lipinski definition) is 2. The molecule has 0 atom stereocenters. The van der Waals surface area contributed by atoms with Gasteiger partial charge in [-0.3, -0.25) is 0 Å². The summed E-state index contributed by atoms with van der Waals surface area (Å²) in [5.41, 5.74) is 14.0. The Morgan fingerprint density at radius 3 is 0.862 bits per heavy atom. The number of ether oxygens (including phenoxy) is 2. The highest BCUT2D eigenvalue weighted by Crippen LogP contribution is 2.50. The van der Waals surface area contributed by atoms with E-state index in [2.05, 4.69) is 252 Å². The third kappa shape index (κ3) is 12.4. The van der Waals surface area contributed by atoms with Crippen molar-refractivity contribution in [1.29, 1.82) is 0 Å². The number of rotatable bonds is 10. The molecule has 8 aromatic carbocycles. The van der Waals surface area contributed by atoms with Crippen molar-refractivity contribution in [1.82, 2.24) is 9.13 Å². The van der Waals surface area contributed by atoms with E-state index in [0.29, 0.717) is 55.2 Å². The van der Waals surface area contributed by atoms with Gasteiger partial charge in [0.05, 0.1) is 46.7 Å². The molecular formula is C79H92Cl2N2O4. The zero-order chi connectivity index (χ0) is 63.6. The topological polar surface area (TPSA) is 68.8 Å². The highest BCUT2D eigenvalue weighted by molar-refractivity contribution is 6.31. The summed E-state index contributed by atoms with van der Waals surface area (Å²) >= 11 is 13.9. The Kier molecular flexibility index (Phi) is 16.0. The maximum Gasteiger partial charge on any atom is 0.147 e. The largest absolute Gasteiger partial charge is 0.505 e. The van der Waals surface area contributed by atoms with Crippen molar-refractivity contribution < 1.29 is 19.7 Å². The van der Waals surface area contributed by atoms with Gasteiger partial charge >= 0.3 is 0 Å². The highest BCUT2D eigenvalue weighted by Gasteiger charge is 2.32. The molecule has 0 saturated heterocycles. The number of nitrogens with zero attached hydrogens (tertiary/aromatic N) is 2. The van der Waals surface area contributed by atoms with Crippen LogP contribution in [0.4, 0.5) is 0 Å². The smallest absolute Gasteiger partial charge is 0.147 e. The maximum absolute atomic E-state index is 13.0. The van der Waals surface area contributed by atoms with Gasteiger partial charge in [0.25, 0.3) is 0 Å². The summed E-state index contributed by atoms with van der Waals surface area (Å²) in [4.78, 5) is 0. The average Bonchev–Trinajstić information content (AvgIpc) is 1.84. The highest BCUT2D eigenvalue weighted by atomic mass is 35.5. The molecule has 0 saturated carbocycles. The standard InChI is InChI=1S/C79H92Cl2N2O4/c1-73(2,3)46-22-28-63-55(34-46)56-35-47(74(4,5)6)23-29-64(56)82(63)67-40-50(77(13,14)15)38-61(71(67)84)59-42-53(80)26-32-69(59)86-44-52(79(19,20)21)45-87-70-33-27-54(81)43-60(70)62-39-51(78(16,17)18)41-68(72(62)85)83-65-30-24-48(75(7,8)9)36-57(65)58-37-49(76(10,11)12)25-31-66(58)83/h22-43,52,84-85H,44-45H2,1-21H3. The molecule has 0 bridgehead atoms. The van der Waals surface area contributed by atoms with Crippen LogP contribution in [0.25, 0.3) is 77.2 Å². The van der Waals surface area contributed by atoms with Crippen molar-refractivity contribution in [3.63, 3.8) is 0 Å². The van der Waals surface area contributed by atoms with Gasteiger partial charge in [-0.2, -0.15) is 0 Å². The normalized spacial score (nSPS) is 13.3. The number of aromatic nitrogens is 2. The van der Waals surface area contributed by atoms with Crippen molar-refractivity contribution in [3.8, 4) is 56.6 Å². The molecule has 0 fully saturated rings. The van der Waals surface area contributed by atoms with Crippen LogP contribution in [0.15, 0.2) is 133 Å². The Labute approximate surface area is 528 Å². The van der Waals surface area contributed by atoms with Crippen LogP contribution in [0.1, 0.15) is 179 Å². The van der Waals surface area contributed by atoms with Crippen molar-refractivity contribution in [3.05, 3.63) is 177 Å². The zero-order valence-corrected chi connectivity index (χ0v) is 57.1. The molecule has 456 valence electrons. The lowest BCUT2D eigenvalue weighted by Gasteiger charge is -2.31. The van der Waals surface area contributed by atoms with Gasteiger partial charge in [-0.25, -0.2) is 0 Å². The average molecular weight is 1200 g/mol. The fourth-order valence-corrected chi connectivity index (χ4v) is 12.2. The Balaban J connectivity index is 1.05. The molecule has 2 N–H and O–H groups in total. The first-order valence-electron chi connectivity index (χ1n) is 31.0. The van der Waals surface area contributed by atoms with Gasteiger partial charge in [0.15, 0.2) is 0 Å². The predicted octanol–water partition coefficient (Wildman–Crippen LogP) is 22.8. The second kappa shape index (κ2) is 22.0. The van der Waals surface area contributed by atoms with Crippen molar-refractivity contribution in [2.24, 2.45) is 11.3 Å². The van der Waals surface area contributed by atoms with E-state index in [1.807, 2.05) is 36.4 Å². The number of phenols is 2. The van der Waals surface area contributed by atoms with Crippen molar-refractivity contribution >= 4 is 66.8 Å². The Hall–Kier alpha value is -6.86. The van der Waals surface area contributed by atoms with E-state index in [-0.39, 0.29) is 68.5 Å². The fraction of sp³-hybridized carbons (Fsp3) is 0.392. The molecule has 0 amide bonds. The summed E-state index contributed by atoms with van der Waals surface area (Å²) in [6.45, 7) is 47.4. The summed E-state index contributed by atoms with van der Waals surface area (Å²) in [5, 5.41) is 31.6. The zero-order valence-electron chi connectivity index (χ0n) is 55.6. The molecule has 0 spiro atoms. The van der Waals surface area contributed by atoms with E-state index in [9.17, 15) is 10.2 Å². The van der Waals surface area contributed by atoms with Gasteiger partial charge in [0, 0.05) is 59.8 Å². The molecule has 2 heterocycles. The van der Waals surface area contributed by atoms with Crippen LogP contribution in [0.5, 0.6) is 23.0 Å². The fourth-order valence-electron chi connectivity index (χ4n) is 11.9. The van der Waals surface area contributed by atoms with Crippen LogP contribution >= 0.6 is 23.2 Å². The summed E-state index contributed by atoms with van der Waals surface area (Å²) in [6.07, 6.45) is 0. The lowest BCUT2D eigenvalue weighted by molar-refractivity contribution is 0.0926. The lowest BCUT2D eigenvalue weighted by atomic mass is 9.81. The molecule has 87 heavy (non-hydrogen) atoms. The van der Waals surface area contributed by atoms with Gasteiger partial charge in [-0.05, 0) is 180 Å². The molecule has 8 heteroatoms. The van der Waals surface area contributed by atoms with Gasteiger partial charge in [-0.1, -0.05) is 193 Å². The van der Waals surface area contributed by atoms with Crippen LogP contribution in [-0.4, -0.2) is 32.6 Å². The molecule has 0 radical (unpaired) electrons. The van der Waals surface area contributed by atoms with Gasteiger partial charge in [-0.15, -0.1) is 0 Å². The summed E-state index contributed by atoms with van der Waals surface area (Å²) in [6, 6.07) is 46.9. The lowest BCUT2D eigenvalue weighted by Crippen LogP contribution is -2.32. The van der Waals surface area contributed by atoms with E-state index in [0.717, 1.165) is 54.7 Å². The molecular weight excluding hydrogens is 1110 g/mol. The van der Waals surface area contributed by atoms with Gasteiger partial charge in [0.1, 0.15) is 23.0 Å². The van der Waals surface area contributed by atoms with E-state index in [1.54, 1.807) is 0 Å². The predicted molar refractivity (Wildman–Crippen MR) is 372 cm³/mol. The minimum absolute atomic E-state index is 0.0656. The quantitative estimate of drug-likeness (QED) is 0.143. The van der Waals surface area contributed by atoms with Crippen LogP contribution < -0.4 is 9.47 Å². The minimum atomic E-state index is -0.298. The van der Waals surface area contributed by atoms with Crippen molar-refractivity contribution in [2.75, 3.05) is 13.2 Å². The monoisotopic (exact) mass is 1200 g/mol. The molecule has 6 nitrogen and oxygen atoms in total. The minimum Gasteiger partial charge on any atom is -0.505 e. The number of fused-ring (bicyclic) bond motifs is 6.